The lowest BCUT2D eigenvalue weighted by molar-refractivity contribution is -0.123. The van der Waals surface area contributed by atoms with Gasteiger partial charge in [0, 0.05) is 0 Å². The van der Waals surface area contributed by atoms with Crippen LogP contribution in [0.15, 0.2) is 41.3 Å². The molecule has 2 aromatic carbocycles. The molecular formula is C18H19ClN2O6S. The zero-order valence-electron chi connectivity index (χ0n) is 15.4. The van der Waals surface area contributed by atoms with E-state index in [2.05, 4.69) is 5.32 Å². The molecule has 0 fully saturated rings. The van der Waals surface area contributed by atoms with Crippen LogP contribution in [0.2, 0.25) is 5.02 Å². The van der Waals surface area contributed by atoms with Gasteiger partial charge in [-0.05, 0) is 49.7 Å². The first-order valence-electron chi connectivity index (χ1n) is 8.01. The molecule has 0 spiro atoms. The lowest BCUT2D eigenvalue weighted by atomic mass is 10.2. The Kier molecular flexibility index (Phi) is 6.65. The van der Waals surface area contributed by atoms with E-state index in [1.54, 1.807) is 12.1 Å². The smallest absolute Gasteiger partial charge is 0.338 e. The fraction of sp³-hybridized carbons (Fsp3) is 0.222. The van der Waals surface area contributed by atoms with Gasteiger partial charge in [-0.2, -0.15) is 0 Å². The van der Waals surface area contributed by atoms with Gasteiger partial charge in [0.1, 0.15) is 10.6 Å². The molecule has 150 valence electrons. The number of nitrogens with one attached hydrogen (secondary N) is 1. The Morgan fingerprint density at radius 1 is 1.18 bits per heavy atom. The molecule has 0 aliphatic heterocycles. The monoisotopic (exact) mass is 426 g/mol. The minimum absolute atomic E-state index is 0.110. The molecule has 0 aromatic heterocycles. The average molecular weight is 427 g/mol. The zero-order chi connectivity index (χ0) is 21.1. The second kappa shape index (κ2) is 8.59. The number of ether oxygens (including phenoxy) is 2. The van der Waals surface area contributed by atoms with Gasteiger partial charge in [0.2, 0.25) is 10.0 Å². The number of esters is 1. The molecular weight excluding hydrogens is 408 g/mol. The number of primary sulfonamides is 1. The van der Waals surface area contributed by atoms with Gasteiger partial charge >= 0.3 is 5.97 Å². The number of aryl methyl sites for hydroxylation is 1. The highest BCUT2D eigenvalue weighted by molar-refractivity contribution is 7.89. The van der Waals surface area contributed by atoms with Crippen LogP contribution in [0.1, 0.15) is 22.8 Å². The quantitative estimate of drug-likeness (QED) is 0.683. The van der Waals surface area contributed by atoms with E-state index in [1.807, 2.05) is 13.0 Å². The summed E-state index contributed by atoms with van der Waals surface area (Å²) in [4.78, 5) is 24.2. The van der Waals surface area contributed by atoms with Crippen molar-refractivity contribution < 1.29 is 27.5 Å². The Hall–Kier alpha value is -2.62. The molecule has 0 aliphatic carbocycles. The SMILES string of the molecule is COc1ccc(C)cc1NC(=O)[C@@H](C)OC(=O)c1ccc(Cl)c(S(N)(=O)=O)c1. The van der Waals surface area contributed by atoms with Crippen molar-refractivity contribution in [1.82, 2.24) is 0 Å². The van der Waals surface area contributed by atoms with Gasteiger partial charge in [-0.15, -0.1) is 0 Å². The van der Waals surface area contributed by atoms with Crippen LogP contribution in [0.25, 0.3) is 0 Å². The number of amides is 1. The van der Waals surface area contributed by atoms with Crippen LogP contribution in [0.5, 0.6) is 5.75 Å². The van der Waals surface area contributed by atoms with Gasteiger partial charge in [0.15, 0.2) is 6.10 Å². The number of hydrogen-bond donors (Lipinski definition) is 2. The molecule has 0 aliphatic rings. The Morgan fingerprint density at radius 3 is 2.46 bits per heavy atom. The van der Waals surface area contributed by atoms with Crippen molar-refractivity contribution in [2.24, 2.45) is 5.14 Å². The lowest BCUT2D eigenvalue weighted by Crippen LogP contribution is -2.30. The minimum atomic E-state index is -4.12. The Bertz CT molecular complexity index is 1020. The van der Waals surface area contributed by atoms with Crippen molar-refractivity contribution in [2.75, 3.05) is 12.4 Å². The third-order valence-corrected chi connectivity index (χ3v) is 5.13. The standard InChI is InChI=1S/C18H19ClN2O6S/c1-10-4-7-15(26-3)14(8-10)21-17(22)11(2)27-18(23)12-5-6-13(19)16(9-12)28(20,24)25/h4-9,11H,1-3H3,(H,21,22)(H2,20,24,25)/t11-/m1/s1. The van der Waals surface area contributed by atoms with Crippen molar-refractivity contribution in [3.8, 4) is 5.75 Å². The first-order valence-corrected chi connectivity index (χ1v) is 9.94. The third kappa shape index (κ3) is 5.22. The fourth-order valence-electron chi connectivity index (χ4n) is 2.28. The predicted molar refractivity (Wildman–Crippen MR) is 104 cm³/mol. The number of benzene rings is 2. The second-order valence-electron chi connectivity index (χ2n) is 5.93. The number of rotatable bonds is 6. The summed E-state index contributed by atoms with van der Waals surface area (Å²) in [6.45, 7) is 3.23. The summed E-state index contributed by atoms with van der Waals surface area (Å²) < 4.78 is 33.3. The average Bonchev–Trinajstić information content (AvgIpc) is 2.61. The normalized spacial score (nSPS) is 12.2. The molecule has 3 N–H and O–H groups in total. The van der Waals surface area contributed by atoms with Gasteiger partial charge in [-0.3, -0.25) is 4.79 Å². The fourth-order valence-corrected chi connectivity index (χ4v) is 3.36. The zero-order valence-corrected chi connectivity index (χ0v) is 16.9. The number of anilines is 1. The van der Waals surface area contributed by atoms with Crippen LogP contribution < -0.4 is 15.2 Å². The van der Waals surface area contributed by atoms with Crippen LogP contribution in [0, 0.1) is 6.92 Å². The Morgan fingerprint density at radius 2 is 1.86 bits per heavy atom. The van der Waals surface area contributed by atoms with Gasteiger partial charge in [0.25, 0.3) is 5.91 Å². The molecule has 0 saturated carbocycles. The summed E-state index contributed by atoms with van der Waals surface area (Å²) in [6, 6.07) is 8.70. The van der Waals surface area contributed by atoms with E-state index >= 15 is 0 Å². The second-order valence-corrected chi connectivity index (χ2v) is 7.87. The highest BCUT2D eigenvalue weighted by Crippen LogP contribution is 2.26. The van der Waals surface area contributed by atoms with E-state index < -0.39 is 32.9 Å². The molecule has 8 nitrogen and oxygen atoms in total. The highest BCUT2D eigenvalue weighted by Gasteiger charge is 2.22. The molecule has 1 amide bonds. The van der Waals surface area contributed by atoms with E-state index in [0.717, 1.165) is 11.6 Å². The number of carbonyl (C=O) groups excluding carboxylic acids is 2. The molecule has 0 saturated heterocycles. The molecule has 0 bridgehead atoms. The molecule has 0 heterocycles. The van der Waals surface area contributed by atoms with E-state index in [4.69, 9.17) is 26.2 Å². The Labute approximate surface area is 167 Å². The van der Waals surface area contributed by atoms with Gasteiger partial charge < -0.3 is 14.8 Å². The van der Waals surface area contributed by atoms with Crippen LogP contribution in [-0.2, 0) is 19.6 Å². The minimum Gasteiger partial charge on any atom is -0.495 e. The van der Waals surface area contributed by atoms with Gasteiger partial charge in [0.05, 0.1) is 23.4 Å². The maximum atomic E-state index is 12.4. The van der Waals surface area contributed by atoms with Crippen LogP contribution in [-0.4, -0.2) is 33.5 Å². The van der Waals surface area contributed by atoms with Crippen molar-refractivity contribution in [3.05, 3.63) is 52.5 Å². The lowest BCUT2D eigenvalue weighted by Gasteiger charge is -2.16. The van der Waals surface area contributed by atoms with Crippen molar-refractivity contribution in [1.29, 1.82) is 0 Å². The molecule has 2 rings (SSSR count). The first kappa shape index (κ1) is 21.7. The molecule has 0 radical (unpaired) electrons. The summed E-state index contributed by atoms with van der Waals surface area (Å²) in [5, 5.41) is 7.56. The Balaban J connectivity index is 2.14. The van der Waals surface area contributed by atoms with Gasteiger partial charge in [-0.1, -0.05) is 17.7 Å². The topological polar surface area (TPSA) is 125 Å². The van der Waals surface area contributed by atoms with E-state index in [0.29, 0.717) is 11.4 Å². The molecule has 1 atom stereocenters. The van der Waals surface area contributed by atoms with Crippen LogP contribution >= 0.6 is 11.6 Å². The number of halogens is 1. The number of sulfonamides is 1. The van der Waals surface area contributed by atoms with E-state index in [-0.39, 0.29) is 10.6 Å². The number of nitrogens with two attached hydrogens (primary N) is 1. The first-order chi connectivity index (χ1) is 13.0. The van der Waals surface area contributed by atoms with Crippen molar-refractivity contribution in [3.63, 3.8) is 0 Å². The maximum absolute atomic E-state index is 12.4. The van der Waals surface area contributed by atoms with Crippen LogP contribution in [0.3, 0.4) is 0 Å². The van der Waals surface area contributed by atoms with Crippen LogP contribution in [0.4, 0.5) is 5.69 Å². The summed E-state index contributed by atoms with van der Waals surface area (Å²) in [5.74, 6) is -1.04. The number of methoxy groups -OCH3 is 1. The molecule has 0 unspecified atom stereocenters. The summed E-state index contributed by atoms with van der Waals surface area (Å²) >= 11 is 5.79. The molecule has 28 heavy (non-hydrogen) atoms. The number of carbonyl (C=O) groups is 2. The van der Waals surface area contributed by atoms with Gasteiger partial charge in [-0.25, -0.2) is 18.4 Å². The van der Waals surface area contributed by atoms with E-state index in [9.17, 15) is 18.0 Å². The maximum Gasteiger partial charge on any atom is 0.338 e. The van der Waals surface area contributed by atoms with Crippen molar-refractivity contribution in [2.45, 2.75) is 24.8 Å². The summed E-state index contributed by atoms with van der Waals surface area (Å²) in [6.07, 6.45) is -1.16. The summed E-state index contributed by atoms with van der Waals surface area (Å²) in [7, 11) is -2.65. The van der Waals surface area contributed by atoms with Crippen molar-refractivity contribution >= 4 is 39.2 Å². The predicted octanol–water partition coefficient (Wildman–Crippen LogP) is 2.49. The third-order valence-electron chi connectivity index (χ3n) is 3.74. The molecule has 10 heteroatoms. The largest absolute Gasteiger partial charge is 0.495 e. The highest BCUT2D eigenvalue weighted by atomic mass is 35.5. The van der Waals surface area contributed by atoms with E-state index in [1.165, 1.54) is 26.2 Å². The number of hydrogen-bond acceptors (Lipinski definition) is 6. The molecule has 2 aromatic rings. The summed E-state index contributed by atoms with van der Waals surface area (Å²) in [5.41, 5.74) is 1.22.